The molecule has 0 N–H and O–H groups in total. The van der Waals surface area contributed by atoms with Crippen LogP contribution in [0.15, 0.2) is 40.0 Å². The van der Waals surface area contributed by atoms with Crippen molar-refractivity contribution in [3.8, 4) is 5.69 Å². The van der Waals surface area contributed by atoms with Crippen molar-refractivity contribution in [1.29, 1.82) is 0 Å². The molecule has 8 heteroatoms. The number of aromatic nitrogens is 3. The predicted octanol–water partition coefficient (Wildman–Crippen LogP) is 4.70. The van der Waals surface area contributed by atoms with Crippen LogP contribution in [0, 0.1) is 13.8 Å². The predicted molar refractivity (Wildman–Crippen MR) is 123 cm³/mol. The lowest BCUT2D eigenvalue weighted by molar-refractivity contribution is -0.128. The lowest BCUT2D eigenvalue weighted by Crippen LogP contribution is -2.23. The van der Waals surface area contributed by atoms with E-state index in [-0.39, 0.29) is 17.4 Å². The van der Waals surface area contributed by atoms with E-state index in [0.29, 0.717) is 35.6 Å². The molecule has 1 amide bonds. The maximum Gasteiger partial charge on any atom is 0.277 e. The second kappa shape index (κ2) is 9.32. The van der Waals surface area contributed by atoms with Crippen LogP contribution in [0.3, 0.4) is 0 Å². The largest absolute Gasteiger partial charge is 0.414 e. The zero-order valence-corrected chi connectivity index (χ0v) is 19.7. The van der Waals surface area contributed by atoms with Gasteiger partial charge in [0.1, 0.15) is 0 Å². The summed E-state index contributed by atoms with van der Waals surface area (Å²) in [6, 6.07) is 10.4. The number of hydrogen-bond acceptors (Lipinski definition) is 6. The topological polar surface area (TPSA) is 81.2 Å². The van der Waals surface area contributed by atoms with Crippen LogP contribution in [0.1, 0.15) is 65.8 Å². The summed E-state index contributed by atoms with van der Waals surface area (Å²) in [5.41, 5.74) is 4.98. The maximum absolute atomic E-state index is 12.9. The van der Waals surface area contributed by atoms with Crippen molar-refractivity contribution in [2.75, 3.05) is 12.3 Å². The second-order valence-corrected chi connectivity index (χ2v) is 9.39. The number of carbonyl (C=O) groups excluding carboxylic acids is 2. The molecule has 0 unspecified atom stereocenters. The van der Waals surface area contributed by atoms with Crippen LogP contribution in [0.2, 0.25) is 0 Å². The number of thioether (sulfide) groups is 1. The molecule has 32 heavy (non-hydrogen) atoms. The number of benzene rings is 1. The van der Waals surface area contributed by atoms with Gasteiger partial charge >= 0.3 is 0 Å². The van der Waals surface area contributed by atoms with Crippen molar-refractivity contribution in [2.24, 2.45) is 0 Å². The minimum atomic E-state index is 0.0163. The first-order chi connectivity index (χ1) is 15.3. The fourth-order valence-electron chi connectivity index (χ4n) is 4.05. The molecule has 7 nitrogen and oxygen atoms in total. The summed E-state index contributed by atoms with van der Waals surface area (Å²) >= 11 is 1.23. The Morgan fingerprint density at radius 1 is 1.19 bits per heavy atom. The Kier molecular flexibility index (Phi) is 6.50. The van der Waals surface area contributed by atoms with Gasteiger partial charge in [0.05, 0.1) is 12.3 Å². The molecule has 0 saturated carbocycles. The van der Waals surface area contributed by atoms with Crippen molar-refractivity contribution in [3.63, 3.8) is 0 Å². The third-order valence-electron chi connectivity index (χ3n) is 5.82. The molecule has 0 radical (unpaired) electrons. The zero-order chi connectivity index (χ0) is 22.8. The van der Waals surface area contributed by atoms with E-state index in [1.165, 1.54) is 17.3 Å². The smallest absolute Gasteiger partial charge is 0.277 e. The van der Waals surface area contributed by atoms with Crippen LogP contribution >= 0.6 is 11.8 Å². The first-order valence-electron chi connectivity index (χ1n) is 10.9. The Bertz CT molecular complexity index is 1130. The molecule has 1 saturated heterocycles. The summed E-state index contributed by atoms with van der Waals surface area (Å²) in [7, 11) is 0. The average molecular weight is 453 g/mol. The van der Waals surface area contributed by atoms with Gasteiger partial charge in [-0.1, -0.05) is 37.7 Å². The number of hydrogen-bond donors (Lipinski definition) is 0. The molecule has 3 heterocycles. The van der Waals surface area contributed by atoms with Crippen LogP contribution in [-0.2, 0) is 11.3 Å². The molecule has 1 aliphatic rings. The van der Waals surface area contributed by atoms with E-state index in [1.807, 2.05) is 19.9 Å². The Morgan fingerprint density at radius 2 is 1.94 bits per heavy atom. The first kappa shape index (κ1) is 22.3. The van der Waals surface area contributed by atoms with Gasteiger partial charge in [-0.2, -0.15) is 0 Å². The fraction of sp³-hybridized carbons (Fsp3) is 0.417. The third kappa shape index (κ3) is 4.65. The highest BCUT2D eigenvalue weighted by molar-refractivity contribution is 7.99. The van der Waals surface area contributed by atoms with Crippen LogP contribution < -0.4 is 0 Å². The number of Topliss-reactive ketones (excluding diaryl/α,β-unsaturated/α-hetero) is 1. The quantitative estimate of drug-likeness (QED) is 0.364. The molecule has 0 bridgehead atoms. The van der Waals surface area contributed by atoms with E-state index >= 15 is 0 Å². The molecule has 1 aliphatic heterocycles. The number of rotatable bonds is 8. The number of nitrogens with zero attached hydrogens (tertiary/aromatic N) is 4. The molecule has 0 aliphatic carbocycles. The van der Waals surface area contributed by atoms with Gasteiger partial charge in [-0.3, -0.25) is 9.59 Å². The number of amides is 1. The average Bonchev–Trinajstić information content (AvgIpc) is 3.46. The summed E-state index contributed by atoms with van der Waals surface area (Å²) in [5, 5.41) is 8.37. The summed E-state index contributed by atoms with van der Waals surface area (Å²) in [5.74, 6) is 1.22. The zero-order valence-electron chi connectivity index (χ0n) is 18.9. The standard InChI is InChI=1S/C24H28N4O3S/c1-15(2)18-7-9-19(10-8-18)28-16(3)12-20(17(28)4)21(29)14-32-24-26-25-22(31-24)13-27-11-5-6-23(27)30/h7-10,12,15H,5-6,11,13-14H2,1-4H3. The Labute approximate surface area is 192 Å². The van der Waals surface area contributed by atoms with Crippen molar-refractivity contribution in [3.05, 3.63) is 58.7 Å². The van der Waals surface area contributed by atoms with E-state index in [4.69, 9.17) is 4.42 Å². The molecule has 1 aromatic carbocycles. The van der Waals surface area contributed by atoms with E-state index in [1.54, 1.807) is 4.90 Å². The molecule has 4 rings (SSSR count). The molecule has 2 aromatic heterocycles. The normalized spacial score (nSPS) is 14.0. The summed E-state index contributed by atoms with van der Waals surface area (Å²) in [4.78, 5) is 26.4. The number of ketones is 1. The Morgan fingerprint density at radius 3 is 2.59 bits per heavy atom. The second-order valence-electron chi connectivity index (χ2n) is 8.46. The van der Waals surface area contributed by atoms with E-state index in [2.05, 4.69) is 52.9 Å². The van der Waals surface area contributed by atoms with Gasteiger partial charge in [0.2, 0.25) is 11.8 Å². The lowest BCUT2D eigenvalue weighted by Gasteiger charge is -2.12. The van der Waals surface area contributed by atoms with Crippen molar-refractivity contribution >= 4 is 23.5 Å². The van der Waals surface area contributed by atoms with Gasteiger partial charge in [-0.15, -0.1) is 10.2 Å². The van der Waals surface area contributed by atoms with Gasteiger partial charge in [-0.05, 0) is 49.9 Å². The van der Waals surface area contributed by atoms with Gasteiger partial charge < -0.3 is 13.9 Å². The number of aryl methyl sites for hydroxylation is 1. The highest BCUT2D eigenvalue weighted by Crippen LogP contribution is 2.25. The molecular formula is C24H28N4O3S. The fourth-order valence-corrected chi connectivity index (χ4v) is 4.71. The van der Waals surface area contributed by atoms with Gasteiger partial charge in [0.15, 0.2) is 5.78 Å². The summed E-state index contributed by atoms with van der Waals surface area (Å²) in [6.07, 6.45) is 1.44. The molecular weight excluding hydrogens is 424 g/mol. The molecule has 0 spiro atoms. The third-order valence-corrected chi connectivity index (χ3v) is 6.64. The van der Waals surface area contributed by atoms with Crippen molar-refractivity contribution in [1.82, 2.24) is 19.7 Å². The van der Waals surface area contributed by atoms with Crippen LogP contribution in [0.25, 0.3) is 5.69 Å². The SMILES string of the molecule is Cc1cc(C(=O)CSc2nnc(CN3CCCC3=O)o2)c(C)n1-c1ccc(C(C)C)cc1. The van der Waals surface area contributed by atoms with E-state index in [0.717, 1.165) is 30.0 Å². The highest BCUT2D eigenvalue weighted by atomic mass is 32.2. The van der Waals surface area contributed by atoms with Crippen LogP contribution in [0.5, 0.6) is 0 Å². The minimum Gasteiger partial charge on any atom is -0.414 e. The molecule has 0 atom stereocenters. The lowest BCUT2D eigenvalue weighted by atomic mass is 10.0. The molecule has 1 fully saturated rings. The van der Waals surface area contributed by atoms with Gasteiger partial charge in [0.25, 0.3) is 5.22 Å². The minimum absolute atomic E-state index is 0.0163. The Balaban J connectivity index is 1.42. The molecule has 3 aromatic rings. The van der Waals surface area contributed by atoms with Crippen LogP contribution in [0.4, 0.5) is 0 Å². The van der Waals surface area contributed by atoms with Gasteiger partial charge in [0, 0.05) is 35.6 Å². The maximum atomic E-state index is 12.9. The first-order valence-corrected chi connectivity index (χ1v) is 11.9. The van der Waals surface area contributed by atoms with E-state index < -0.39 is 0 Å². The monoisotopic (exact) mass is 452 g/mol. The van der Waals surface area contributed by atoms with Crippen molar-refractivity contribution < 1.29 is 14.0 Å². The highest BCUT2D eigenvalue weighted by Gasteiger charge is 2.23. The summed E-state index contributed by atoms with van der Waals surface area (Å²) < 4.78 is 7.74. The Hall–Kier alpha value is -2.87. The number of carbonyl (C=O) groups is 2. The number of likely N-dealkylation sites (tertiary alicyclic amines) is 1. The van der Waals surface area contributed by atoms with Crippen LogP contribution in [-0.4, -0.2) is 43.7 Å². The summed E-state index contributed by atoms with van der Waals surface area (Å²) in [6.45, 7) is 9.38. The van der Waals surface area contributed by atoms with Crippen molar-refractivity contribution in [2.45, 2.75) is 58.2 Å². The van der Waals surface area contributed by atoms with E-state index in [9.17, 15) is 9.59 Å². The molecule has 168 valence electrons. The van der Waals surface area contributed by atoms with Gasteiger partial charge in [-0.25, -0.2) is 0 Å².